The van der Waals surface area contributed by atoms with Crippen LogP contribution in [0.5, 0.6) is 0 Å². The minimum Gasteiger partial charge on any atom is -0.307 e. The first kappa shape index (κ1) is 13.2. The molecule has 0 aromatic carbocycles. The van der Waals surface area contributed by atoms with Crippen LogP contribution in [0, 0.1) is 0 Å². The molecule has 0 atom stereocenters. The Morgan fingerprint density at radius 2 is 2.25 bits per heavy atom. The first-order valence-electron chi connectivity index (χ1n) is 4.63. The van der Waals surface area contributed by atoms with E-state index in [1.165, 1.54) is 12.3 Å². The number of nitrogens with zero attached hydrogens (tertiary/aromatic N) is 1. The third-order valence-electron chi connectivity index (χ3n) is 1.81. The molecular formula is C8H13ClN4O2S. The van der Waals surface area contributed by atoms with Gasteiger partial charge in [-0.25, -0.2) is 24.0 Å². The molecule has 0 unspecified atom stereocenters. The summed E-state index contributed by atoms with van der Waals surface area (Å²) in [4.78, 5) is 3.80. The van der Waals surface area contributed by atoms with Gasteiger partial charge in [-0.2, -0.15) is 0 Å². The predicted molar refractivity (Wildman–Crippen MR) is 62.5 cm³/mol. The molecule has 1 aromatic rings. The second kappa shape index (κ2) is 5.44. The van der Waals surface area contributed by atoms with Gasteiger partial charge in [-0.3, -0.25) is 0 Å². The largest absolute Gasteiger partial charge is 0.307 e. The van der Waals surface area contributed by atoms with Crippen LogP contribution in [0.4, 0.5) is 5.82 Å². The van der Waals surface area contributed by atoms with E-state index >= 15 is 0 Å². The third-order valence-corrected chi connectivity index (χ3v) is 3.52. The van der Waals surface area contributed by atoms with Gasteiger partial charge in [0.05, 0.1) is 5.02 Å². The summed E-state index contributed by atoms with van der Waals surface area (Å²) in [6.07, 6.45) is 1.90. The van der Waals surface area contributed by atoms with E-state index in [1.54, 1.807) is 0 Å². The molecular weight excluding hydrogens is 252 g/mol. The average Bonchev–Trinajstić information content (AvgIpc) is 2.26. The molecule has 4 N–H and O–H groups in total. The second-order valence-corrected chi connectivity index (χ2v) is 5.22. The predicted octanol–water partition coefficient (Wildman–Crippen LogP) is 0.709. The molecule has 0 aliphatic carbocycles. The number of nitrogen functional groups attached to an aromatic ring is 1. The maximum absolute atomic E-state index is 11.7. The van der Waals surface area contributed by atoms with E-state index in [1.807, 2.05) is 6.92 Å². The first-order chi connectivity index (χ1) is 7.51. The van der Waals surface area contributed by atoms with E-state index in [2.05, 4.69) is 15.1 Å². The number of rotatable bonds is 5. The summed E-state index contributed by atoms with van der Waals surface area (Å²) in [5, 5.41) is 0.155. The molecule has 6 nitrogen and oxygen atoms in total. The lowest BCUT2D eigenvalue weighted by molar-refractivity contribution is 0.580. The van der Waals surface area contributed by atoms with Crippen LogP contribution in [-0.2, 0) is 10.0 Å². The highest BCUT2D eigenvalue weighted by Gasteiger charge is 2.15. The number of hydrogen-bond donors (Lipinski definition) is 3. The number of sulfonamides is 1. The Labute approximate surface area is 99.2 Å². The highest BCUT2D eigenvalue weighted by Crippen LogP contribution is 2.21. The Kier molecular flexibility index (Phi) is 4.48. The second-order valence-electron chi connectivity index (χ2n) is 3.04. The lowest BCUT2D eigenvalue weighted by atomic mass is 10.5. The highest BCUT2D eigenvalue weighted by atomic mass is 35.5. The van der Waals surface area contributed by atoms with Crippen molar-refractivity contribution in [3.8, 4) is 0 Å². The van der Waals surface area contributed by atoms with E-state index < -0.39 is 10.0 Å². The fourth-order valence-corrected chi connectivity index (χ4v) is 2.38. The molecule has 1 heterocycles. The van der Waals surface area contributed by atoms with E-state index in [9.17, 15) is 8.42 Å². The molecule has 0 bridgehead atoms. The van der Waals surface area contributed by atoms with E-state index in [0.29, 0.717) is 13.0 Å². The van der Waals surface area contributed by atoms with Crippen LogP contribution in [0.15, 0.2) is 17.2 Å². The molecule has 1 aromatic heterocycles. The Morgan fingerprint density at radius 1 is 1.56 bits per heavy atom. The average molecular weight is 265 g/mol. The zero-order valence-corrected chi connectivity index (χ0v) is 10.3. The van der Waals surface area contributed by atoms with Crippen molar-refractivity contribution < 1.29 is 8.42 Å². The van der Waals surface area contributed by atoms with Crippen LogP contribution >= 0.6 is 11.6 Å². The van der Waals surface area contributed by atoms with E-state index in [0.717, 1.165) is 0 Å². The van der Waals surface area contributed by atoms with Gasteiger partial charge in [0, 0.05) is 12.7 Å². The van der Waals surface area contributed by atoms with Gasteiger partial charge in [0.25, 0.3) is 0 Å². The van der Waals surface area contributed by atoms with Gasteiger partial charge in [0.1, 0.15) is 4.90 Å². The van der Waals surface area contributed by atoms with Gasteiger partial charge in [-0.05, 0) is 12.5 Å². The molecule has 0 spiro atoms. The maximum Gasteiger partial charge on any atom is 0.242 e. The lowest BCUT2D eigenvalue weighted by Gasteiger charge is -2.07. The van der Waals surface area contributed by atoms with Crippen LogP contribution in [0.3, 0.4) is 0 Å². The number of nitrogens with two attached hydrogens (primary N) is 1. The summed E-state index contributed by atoms with van der Waals surface area (Å²) >= 11 is 5.77. The van der Waals surface area contributed by atoms with Crippen molar-refractivity contribution in [2.24, 2.45) is 5.84 Å². The van der Waals surface area contributed by atoms with Crippen molar-refractivity contribution in [1.82, 2.24) is 9.71 Å². The number of pyridine rings is 1. The Morgan fingerprint density at radius 3 is 2.75 bits per heavy atom. The van der Waals surface area contributed by atoms with Crippen LogP contribution < -0.4 is 16.0 Å². The molecule has 0 saturated heterocycles. The van der Waals surface area contributed by atoms with Crippen LogP contribution in [0.2, 0.25) is 5.02 Å². The van der Waals surface area contributed by atoms with Crippen molar-refractivity contribution in [2.45, 2.75) is 18.2 Å². The fraction of sp³-hybridized carbons (Fsp3) is 0.375. The van der Waals surface area contributed by atoms with Crippen LogP contribution in [-0.4, -0.2) is 19.9 Å². The van der Waals surface area contributed by atoms with Crippen molar-refractivity contribution in [1.29, 1.82) is 0 Å². The molecule has 0 aliphatic heterocycles. The maximum atomic E-state index is 11.7. The number of halogens is 1. The minimum absolute atomic E-state index is 0.0185. The van der Waals surface area contributed by atoms with Gasteiger partial charge < -0.3 is 5.43 Å². The smallest absolute Gasteiger partial charge is 0.242 e. The van der Waals surface area contributed by atoms with Crippen molar-refractivity contribution in [2.75, 3.05) is 12.0 Å². The highest BCUT2D eigenvalue weighted by molar-refractivity contribution is 7.89. The van der Waals surface area contributed by atoms with Crippen molar-refractivity contribution >= 4 is 27.4 Å². The number of hydrazine groups is 1. The molecule has 16 heavy (non-hydrogen) atoms. The number of aromatic nitrogens is 1. The monoisotopic (exact) mass is 264 g/mol. The Balaban J connectivity index is 3.01. The molecule has 0 amide bonds. The van der Waals surface area contributed by atoms with Gasteiger partial charge in [-0.15, -0.1) is 0 Å². The zero-order valence-electron chi connectivity index (χ0n) is 8.70. The molecule has 90 valence electrons. The fourth-order valence-electron chi connectivity index (χ4n) is 0.993. The quantitative estimate of drug-likeness (QED) is 0.538. The first-order valence-corrected chi connectivity index (χ1v) is 6.49. The van der Waals surface area contributed by atoms with Gasteiger partial charge in [-0.1, -0.05) is 18.5 Å². The van der Waals surface area contributed by atoms with Crippen molar-refractivity contribution in [3.63, 3.8) is 0 Å². The van der Waals surface area contributed by atoms with Crippen LogP contribution in [0.25, 0.3) is 0 Å². The van der Waals surface area contributed by atoms with Gasteiger partial charge in [0.2, 0.25) is 10.0 Å². The SMILES string of the molecule is CCCNS(=O)(=O)c1cnc(NN)c(Cl)c1. The Hall–Kier alpha value is -0.890. The molecule has 0 fully saturated rings. The summed E-state index contributed by atoms with van der Waals surface area (Å²) in [5.74, 6) is 5.36. The van der Waals surface area contributed by atoms with E-state index in [4.69, 9.17) is 17.4 Å². The van der Waals surface area contributed by atoms with Gasteiger partial charge in [0.15, 0.2) is 5.82 Å². The number of anilines is 1. The molecule has 0 radical (unpaired) electrons. The summed E-state index contributed by atoms with van der Waals surface area (Å²) in [5.41, 5.74) is 2.26. The normalized spacial score (nSPS) is 11.4. The molecule has 0 aliphatic rings. The Bertz CT molecular complexity index is 463. The van der Waals surface area contributed by atoms with E-state index in [-0.39, 0.29) is 15.7 Å². The topological polar surface area (TPSA) is 97.1 Å². The molecule has 0 saturated carbocycles. The standard InChI is InChI=1S/C8H13ClN4O2S/c1-2-3-12-16(14,15)6-4-7(9)8(13-10)11-5-6/h4-5,12H,2-3,10H2,1H3,(H,11,13). The summed E-state index contributed by atoms with van der Waals surface area (Å²) < 4.78 is 25.8. The number of nitrogens with one attached hydrogen (secondary N) is 2. The zero-order chi connectivity index (χ0) is 12.2. The number of hydrogen-bond acceptors (Lipinski definition) is 5. The van der Waals surface area contributed by atoms with Gasteiger partial charge >= 0.3 is 0 Å². The molecule has 8 heteroatoms. The lowest BCUT2D eigenvalue weighted by Crippen LogP contribution is -2.24. The van der Waals surface area contributed by atoms with Crippen LogP contribution in [0.1, 0.15) is 13.3 Å². The summed E-state index contributed by atoms with van der Waals surface area (Å²) in [7, 11) is -3.54. The molecule has 1 rings (SSSR count). The summed E-state index contributed by atoms with van der Waals surface area (Å²) in [6.45, 7) is 2.24. The minimum atomic E-state index is -3.54. The third kappa shape index (κ3) is 3.05. The van der Waals surface area contributed by atoms with Crippen molar-refractivity contribution in [3.05, 3.63) is 17.3 Å². The summed E-state index contributed by atoms with van der Waals surface area (Å²) in [6, 6.07) is 1.29.